The van der Waals surface area contributed by atoms with Crippen molar-refractivity contribution in [2.24, 2.45) is 0 Å². The van der Waals surface area contributed by atoms with Crippen LogP contribution in [0, 0.1) is 0 Å². The van der Waals surface area contributed by atoms with Crippen molar-refractivity contribution in [1.29, 1.82) is 0 Å². The summed E-state index contributed by atoms with van der Waals surface area (Å²) in [4.78, 5) is 0. The zero-order valence-corrected chi connectivity index (χ0v) is 27.7. The van der Waals surface area contributed by atoms with Gasteiger partial charge in [-0.15, -0.1) is 0 Å². The van der Waals surface area contributed by atoms with E-state index in [9.17, 15) is 0 Å². The van der Waals surface area contributed by atoms with E-state index in [1.807, 2.05) is 0 Å². The fourth-order valence-corrected chi connectivity index (χ4v) is 8.65. The van der Waals surface area contributed by atoms with E-state index >= 15 is 0 Å². The molecule has 0 atom stereocenters. The molecule has 0 aromatic heterocycles. The van der Waals surface area contributed by atoms with E-state index in [2.05, 4.69) is 182 Å². The molecule has 10 aromatic carbocycles. The van der Waals surface area contributed by atoms with Gasteiger partial charge in [0.2, 0.25) is 0 Å². The van der Waals surface area contributed by atoms with Gasteiger partial charge >= 0.3 is 0 Å². The summed E-state index contributed by atoms with van der Waals surface area (Å²) in [6.07, 6.45) is 0. The number of ether oxygens (including phenoxy) is 1. The molecular formula is C50H30O. The molecule has 0 amide bonds. The molecule has 0 aliphatic carbocycles. The maximum absolute atomic E-state index is 6.82. The first-order valence-electron chi connectivity index (χ1n) is 17.6. The van der Waals surface area contributed by atoms with Crippen LogP contribution in [0.4, 0.5) is 0 Å². The van der Waals surface area contributed by atoms with E-state index in [0.717, 1.165) is 22.6 Å². The molecule has 236 valence electrons. The highest BCUT2D eigenvalue weighted by molar-refractivity contribution is 6.27. The lowest BCUT2D eigenvalue weighted by atomic mass is 9.82. The van der Waals surface area contributed by atoms with Gasteiger partial charge in [-0.2, -0.15) is 0 Å². The van der Waals surface area contributed by atoms with Gasteiger partial charge in [0.05, 0.1) is 0 Å². The van der Waals surface area contributed by atoms with Crippen LogP contribution in [0.1, 0.15) is 0 Å². The Kier molecular flexibility index (Phi) is 6.02. The van der Waals surface area contributed by atoms with E-state index in [4.69, 9.17) is 4.74 Å². The molecule has 1 nitrogen and oxygen atoms in total. The normalized spacial score (nSPS) is 12.1. The van der Waals surface area contributed by atoms with Gasteiger partial charge in [0.15, 0.2) is 0 Å². The Balaban J connectivity index is 1.17. The van der Waals surface area contributed by atoms with Crippen LogP contribution in [0.2, 0.25) is 0 Å². The van der Waals surface area contributed by atoms with Gasteiger partial charge in [-0.05, 0) is 112 Å². The minimum atomic E-state index is 0.886. The van der Waals surface area contributed by atoms with E-state index in [0.29, 0.717) is 0 Å². The van der Waals surface area contributed by atoms with Crippen molar-refractivity contribution in [2.75, 3.05) is 0 Å². The molecule has 0 radical (unpaired) electrons. The Morgan fingerprint density at radius 1 is 0.275 bits per heavy atom. The first-order chi connectivity index (χ1) is 25.3. The summed E-state index contributed by atoms with van der Waals surface area (Å²) >= 11 is 0. The summed E-state index contributed by atoms with van der Waals surface area (Å²) in [5.41, 5.74) is 9.70. The van der Waals surface area contributed by atoms with Crippen LogP contribution >= 0.6 is 0 Å². The molecule has 1 aliphatic heterocycles. The second-order valence-electron chi connectivity index (χ2n) is 13.6. The van der Waals surface area contributed by atoms with Crippen LogP contribution in [0.15, 0.2) is 182 Å². The third-order valence-corrected chi connectivity index (χ3v) is 10.8. The van der Waals surface area contributed by atoms with E-state index in [1.165, 1.54) is 87.2 Å². The Bertz CT molecular complexity index is 2930. The average molecular weight is 647 g/mol. The highest BCUT2D eigenvalue weighted by atomic mass is 16.5. The zero-order valence-electron chi connectivity index (χ0n) is 27.7. The van der Waals surface area contributed by atoms with Gasteiger partial charge in [-0.25, -0.2) is 0 Å². The molecule has 0 saturated heterocycles. The molecule has 1 aliphatic rings. The van der Waals surface area contributed by atoms with Crippen LogP contribution < -0.4 is 4.74 Å². The molecule has 0 unspecified atom stereocenters. The van der Waals surface area contributed by atoms with Crippen LogP contribution in [0.5, 0.6) is 11.5 Å². The maximum atomic E-state index is 6.82. The van der Waals surface area contributed by atoms with Crippen molar-refractivity contribution < 1.29 is 4.74 Å². The smallest absolute Gasteiger partial charge is 0.135 e. The van der Waals surface area contributed by atoms with Crippen LogP contribution in [-0.4, -0.2) is 0 Å². The third-order valence-electron chi connectivity index (χ3n) is 10.8. The van der Waals surface area contributed by atoms with Gasteiger partial charge in [-0.1, -0.05) is 158 Å². The average Bonchev–Trinajstić information content (AvgIpc) is 3.19. The monoisotopic (exact) mass is 646 g/mol. The van der Waals surface area contributed by atoms with Crippen molar-refractivity contribution in [1.82, 2.24) is 0 Å². The number of fused-ring (bicyclic) bond motifs is 6. The SMILES string of the molecule is c1ccc(-c2ccc3c4c(cccc24)-c2ccc(-c4c5ccccc5c(-c5c6ccccc6cc6ccccc56)c5ccccc45)cc2O3)cc1. The third kappa shape index (κ3) is 4.16. The Morgan fingerprint density at radius 2 is 0.804 bits per heavy atom. The lowest BCUT2D eigenvalue weighted by Gasteiger charge is -2.24. The molecule has 11 rings (SSSR count). The fourth-order valence-electron chi connectivity index (χ4n) is 8.65. The van der Waals surface area contributed by atoms with Crippen LogP contribution in [0.25, 0.3) is 98.4 Å². The van der Waals surface area contributed by atoms with Crippen LogP contribution in [0.3, 0.4) is 0 Å². The van der Waals surface area contributed by atoms with Crippen molar-refractivity contribution in [3.8, 4) is 56.0 Å². The summed E-state index contributed by atoms with van der Waals surface area (Å²) < 4.78 is 6.82. The predicted octanol–water partition coefficient (Wildman–Crippen LogP) is 14.2. The molecule has 0 fully saturated rings. The molecule has 1 heterocycles. The molecule has 0 saturated carbocycles. The minimum Gasteiger partial charge on any atom is -0.456 e. The van der Waals surface area contributed by atoms with Gasteiger partial charge in [0.1, 0.15) is 11.5 Å². The van der Waals surface area contributed by atoms with Crippen molar-refractivity contribution in [2.45, 2.75) is 0 Å². The summed E-state index contributed by atoms with van der Waals surface area (Å²) in [5, 5.41) is 12.4. The number of rotatable bonds is 3. The maximum Gasteiger partial charge on any atom is 0.135 e. The van der Waals surface area contributed by atoms with Gasteiger partial charge < -0.3 is 4.74 Å². The molecule has 0 N–H and O–H groups in total. The van der Waals surface area contributed by atoms with Gasteiger partial charge in [0, 0.05) is 10.9 Å². The molecule has 0 spiro atoms. The first kappa shape index (κ1) is 28.2. The van der Waals surface area contributed by atoms with Crippen molar-refractivity contribution in [3.63, 3.8) is 0 Å². The quantitative estimate of drug-likeness (QED) is 0.174. The first-order valence-corrected chi connectivity index (χ1v) is 17.6. The number of benzene rings is 10. The Morgan fingerprint density at radius 3 is 1.47 bits per heavy atom. The van der Waals surface area contributed by atoms with Crippen molar-refractivity contribution >= 4 is 53.9 Å². The van der Waals surface area contributed by atoms with Gasteiger partial charge in [0.25, 0.3) is 0 Å². The predicted molar refractivity (Wildman–Crippen MR) is 216 cm³/mol. The lowest BCUT2D eigenvalue weighted by Crippen LogP contribution is -1.99. The number of hydrogen-bond donors (Lipinski definition) is 0. The Labute approximate surface area is 295 Å². The lowest BCUT2D eigenvalue weighted by molar-refractivity contribution is 0.487. The minimum absolute atomic E-state index is 0.886. The van der Waals surface area contributed by atoms with Gasteiger partial charge in [-0.3, -0.25) is 0 Å². The largest absolute Gasteiger partial charge is 0.456 e. The van der Waals surface area contributed by atoms with E-state index < -0.39 is 0 Å². The second-order valence-corrected chi connectivity index (χ2v) is 13.6. The van der Waals surface area contributed by atoms with Crippen molar-refractivity contribution in [3.05, 3.63) is 182 Å². The topological polar surface area (TPSA) is 9.23 Å². The molecule has 51 heavy (non-hydrogen) atoms. The standard InChI is InChI=1S/C50H30O/c1-2-13-31(14-3-1)35-27-28-45-48-39(35)23-12-24-40(48)38-26-25-34(30-46(38)51-45)47-41-19-8-10-21-43(41)50(44-22-11-9-20-42(44)47)49-36-17-6-4-15-32(36)29-33-16-5-7-18-37(33)49/h1-30H. The summed E-state index contributed by atoms with van der Waals surface area (Å²) in [7, 11) is 0. The molecule has 0 bridgehead atoms. The number of hydrogen-bond acceptors (Lipinski definition) is 1. The van der Waals surface area contributed by atoms with E-state index in [-0.39, 0.29) is 0 Å². The zero-order chi connectivity index (χ0) is 33.5. The highest BCUT2D eigenvalue weighted by Gasteiger charge is 2.24. The molecule has 1 heteroatoms. The summed E-state index contributed by atoms with van der Waals surface area (Å²) in [6, 6.07) is 66.2. The Hall–Kier alpha value is -6.70. The van der Waals surface area contributed by atoms with Crippen LogP contribution in [-0.2, 0) is 0 Å². The summed E-state index contributed by atoms with van der Waals surface area (Å²) in [5.74, 6) is 1.79. The van der Waals surface area contributed by atoms with E-state index in [1.54, 1.807) is 0 Å². The second kappa shape index (κ2) is 10.9. The molecule has 10 aromatic rings. The highest BCUT2D eigenvalue weighted by Crippen LogP contribution is 2.52. The fraction of sp³-hybridized carbons (Fsp3) is 0. The molecular weight excluding hydrogens is 617 g/mol. The summed E-state index contributed by atoms with van der Waals surface area (Å²) in [6.45, 7) is 0.